The van der Waals surface area contributed by atoms with Gasteiger partial charge in [0.15, 0.2) is 0 Å². The molecule has 0 unspecified atom stereocenters. The van der Waals surface area contributed by atoms with Crippen LogP contribution >= 0.6 is 0 Å². The fourth-order valence-electron chi connectivity index (χ4n) is 3.51. The summed E-state index contributed by atoms with van der Waals surface area (Å²) in [4.78, 5) is 30.6. The zero-order valence-corrected chi connectivity index (χ0v) is 16.9. The van der Waals surface area contributed by atoms with E-state index in [1.165, 1.54) is 0 Å². The van der Waals surface area contributed by atoms with Crippen LogP contribution in [0.5, 0.6) is 0 Å². The first-order valence-electron chi connectivity index (χ1n) is 10.1. The molecule has 6 heteroatoms. The molecule has 0 spiro atoms. The highest BCUT2D eigenvalue weighted by Gasteiger charge is 2.23. The SMILES string of the molecule is CCCNC(=O)c1ccc(NC(=O)N2Cc3ccc(-c4ccncc4)cc3C2)cc1. The maximum Gasteiger partial charge on any atom is 0.322 e. The highest BCUT2D eigenvalue weighted by molar-refractivity contribution is 5.95. The third kappa shape index (κ3) is 4.33. The summed E-state index contributed by atoms with van der Waals surface area (Å²) in [6.07, 6.45) is 4.45. The largest absolute Gasteiger partial charge is 0.352 e. The number of hydrogen-bond acceptors (Lipinski definition) is 3. The number of pyridine rings is 1. The summed E-state index contributed by atoms with van der Waals surface area (Å²) in [5.41, 5.74) is 5.79. The van der Waals surface area contributed by atoms with Gasteiger partial charge in [0.2, 0.25) is 0 Å². The molecule has 0 saturated heterocycles. The predicted octanol–water partition coefficient (Wildman–Crippen LogP) is 4.44. The van der Waals surface area contributed by atoms with Crippen molar-refractivity contribution in [3.05, 3.63) is 83.7 Å². The summed E-state index contributed by atoms with van der Waals surface area (Å²) < 4.78 is 0. The fourth-order valence-corrected chi connectivity index (χ4v) is 3.51. The number of carbonyl (C=O) groups excluding carboxylic acids is 2. The molecule has 1 aromatic heterocycles. The standard InChI is InChI=1S/C24H24N4O2/c1-2-11-26-23(29)18-5-7-22(8-6-18)27-24(30)28-15-20-4-3-19(14-21(20)16-28)17-9-12-25-13-10-17/h3-10,12-14H,2,11,15-16H2,1H3,(H,26,29)(H,27,30). The topological polar surface area (TPSA) is 74.3 Å². The minimum absolute atomic E-state index is 0.102. The lowest BCUT2D eigenvalue weighted by molar-refractivity contribution is 0.0953. The summed E-state index contributed by atoms with van der Waals surface area (Å²) >= 11 is 0. The number of nitrogens with one attached hydrogen (secondary N) is 2. The maximum absolute atomic E-state index is 12.7. The maximum atomic E-state index is 12.7. The second-order valence-corrected chi connectivity index (χ2v) is 7.34. The number of amides is 3. The van der Waals surface area contributed by atoms with Crippen LogP contribution in [0.3, 0.4) is 0 Å². The Morgan fingerprint density at radius 1 is 0.933 bits per heavy atom. The van der Waals surface area contributed by atoms with Crippen LogP contribution < -0.4 is 10.6 Å². The lowest BCUT2D eigenvalue weighted by Crippen LogP contribution is -2.30. The zero-order chi connectivity index (χ0) is 20.9. The molecule has 0 saturated carbocycles. The Kier molecular flexibility index (Phi) is 5.75. The van der Waals surface area contributed by atoms with Crippen molar-refractivity contribution < 1.29 is 9.59 Å². The lowest BCUT2D eigenvalue weighted by atomic mass is 10.0. The highest BCUT2D eigenvalue weighted by Crippen LogP contribution is 2.28. The van der Waals surface area contributed by atoms with Crippen molar-refractivity contribution in [1.29, 1.82) is 0 Å². The number of urea groups is 1. The quantitative estimate of drug-likeness (QED) is 0.665. The Labute approximate surface area is 175 Å². The van der Waals surface area contributed by atoms with E-state index in [2.05, 4.69) is 33.8 Å². The second kappa shape index (κ2) is 8.78. The number of fused-ring (bicyclic) bond motifs is 1. The van der Waals surface area contributed by atoms with Gasteiger partial charge < -0.3 is 15.5 Å². The molecule has 152 valence electrons. The van der Waals surface area contributed by atoms with E-state index >= 15 is 0 Å². The molecule has 2 heterocycles. The first kappa shape index (κ1) is 19.6. The molecule has 0 fully saturated rings. The average Bonchev–Trinajstić information content (AvgIpc) is 3.22. The van der Waals surface area contributed by atoms with E-state index in [0.29, 0.717) is 30.9 Å². The number of nitrogens with zero attached hydrogens (tertiary/aromatic N) is 2. The predicted molar refractivity (Wildman–Crippen MR) is 117 cm³/mol. The third-order valence-electron chi connectivity index (χ3n) is 5.16. The highest BCUT2D eigenvalue weighted by atomic mass is 16.2. The van der Waals surface area contributed by atoms with E-state index in [4.69, 9.17) is 0 Å². The van der Waals surface area contributed by atoms with Gasteiger partial charge in [-0.3, -0.25) is 9.78 Å². The molecule has 0 atom stereocenters. The van der Waals surface area contributed by atoms with Gasteiger partial charge in [-0.05, 0) is 71.1 Å². The van der Waals surface area contributed by atoms with E-state index in [-0.39, 0.29) is 11.9 Å². The number of benzene rings is 2. The Hall–Kier alpha value is -3.67. The Morgan fingerprint density at radius 2 is 1.67 bits per heavy atom. The van der Waals surface area contributed by atoms with Crippen molar-refractivity contribution in [1.82, 2.24) is 15.2 Å². The minimum atomic E-state index is -0.153. The number of carbonyl (C=O) groups is 2. The van der Waals surface area contributed by atoms with E-state index in [9.17, 15) is 9.59 Å². The fraction of sp³-hybridized carbons (Fsp3) is 0.208. The van der Waals surface area contributed by atoms with Crippen LogP contribution in [-0.4, -0.2) is 28.4 Å². The molecule has 3 amide bonds. The van der Waals surface area contributed by atoms with Gasteiger partial charge in [-0.1, -0.05) is 19.1 Å². The monoisotopic (exact) mass is 400 g/mol. The minimum Gasteiger partial charge on any atom is -0.352 e. The van der Waals surface area contributed by atoms with Crippen LogP contribution in [0.2, 0.25) is 0 Å². The van der Waals surface area contributed by atoms with Crippen molar-refractivity contribution in [2.45, 2.75) is 26.4 Å². The van der Waals surface area contributed by atoms with Gasteiger partial charge in [-0.2, -0.15) is 0 Å². The van der Waals surface area contributed by atoms with Gasteiger partial charge >= 0.3 is 6.03 Å². The van der Waals surface area contributed by atoms with Crippen molar-refractivity contribution in [3.8, 4) is 11.1 Å². The Bertz CT molecular complexity index is 1050. The smallest absolute Gasteiger partial charge is 0.322 e. The van der Waals surface area contributed by atoms with Crippen LogP contribution in [0.4, 0.5) is 10.5 Å². The molecule has 2 aromatic carbocycles. The summed E-state index contributed by atoms with van der Waals surface area (Å²) in [5, 5.41) is 5.76. The van der Waals surface area contributed by atoms with Gasteiger partial charge in [0, 0.05) is 43.3 Å². The van der Waals surface area contributed by atoms with Gasteiger partial charge in [-0.15, -0.1) is 0 Å². The van der Waals surface area contributed by atoms with Gasteiger partial charge in [-0.25, -0.2) is 4.79 Å². The molecule has 3 aromatic rings. The van der Waals surface area contributed by atoms with Gasteiger partial charge in [0.05, 0.1) is 0 Å². The molecule has 0 bridgehead atoms. The van der Waals surface area contributed by atoms with Crippen molar-refractivity contribution in [2.75, 3.05) is 11.9 Å². The molecular formula is C24H24N4O2. The molecule has 0 radical (unpaired) electrons. The number of rotatable bonds is 5. The second-order valence-electron chi connectivity index (χ2n) is 7.34. The van der Waals surface area contributed by atoms with Crippen LogP contribution in [0, 0.1) is 0 Å². The molecule has 1 aliphatic heterocycles. The average molecular weight is 400 g/mol. The molecule has 30 heavy (non-hydrogen) atoms. The van der Waals surface area contributed by atoms with E-state index in [1.54, 1.807) is 41.6 Å². The molecular weight excluding hydrogens is 376 g/mol. The molecule has 1 aliphatic rings. The Balaban J connectivity index is 1.39. The Morgan fingerprint density at radius 3 is 2.40 bits per heavy atom. The first-order chi connectivity index (χ1) is 14.6. The summed E-state index contributed by atoms with van der Waals surface area (Å²) in [6, 6.07) is 17.1. The van der Waals surface area contributed by atoms with Crippen LogP contribution in [0.1, 0.15) is 34.8 Å². The molecule has 0 aliphatic carbocycles. The zero-order valence-electron chi connectivity index (χ0n) is 16.9. The van der Waals surface area contributed by atoms with Crippen LogP contribution in [0.15, 0.2) is 67.0 Å². The van der Waals surface area contributed by atoms with Crippen LogP contribution in [0.25, 0.3) is 11.1 Å². The summed E-state index contributed by atoms with van der Waals surface area (Å²) in [6.45, 7) is 3.80. The number of hydrogen-bond donors (Lipinski definition) is 2. The molecule has 2 N–H and O–H groups in total. The normalized spacial score (nSPS) is 12.4. The summed E-state index contributed by atoms with van der Waals surface area (Å²) in [5.74, 6) is -0.102. The van der Waals surface area contributed by atoms with Crippen molar-refractivity contribution in [2.24, 2.45) is 0 Å². The molecule has 6 nitrogen and oxygen atoms in total. The third-order valence-corrected chi connectivity index (χ3v) is 5.16. The van der Waals surface area contributed by atoms with Crippen molar-refractivity contribution in [3.63, 3.8) is 0 Å². The van der Waals surface area contributed by atoms with E-state index in [1.807, 2.05) is 19.1 Å². The van der Waals surface area contributed by atoms with Gasteiger partial charge in [0.1, 0.15) is 0 Å². The van der Waals surface area contributed by atoms with Crippen LogP contribution in [-0.2, 0) is 13.1 Å². The first-order valence-corrected chi connectivity index (χ1v) is 10.1. The lowest BCUT2D eigenvalue weighted by Gasteiger charge is -2.16. The van der Waals surface area contributed by atoms with E-state index in [0.717, 1.165) is 28.7 Å². The van der Waals surface area contributed by atoms with Crippen molar-refractivity contribution >= 4 is 17.6 Å². The molecule has 4 rings (SSSR count). The van der Waals surface area contributed by atoms with E-state index < -0.39 is 0 Å². The summed E-state index contributed by atoms with van der Waals surface area (Å²) in [7, 11) is 0. The van der Waals surface area contributed by atoms with Gasteiger partial charge in [0.25, 0.3) is 5.91 Å². The number of anilines is 1. The number of aromatic nitrogens is 1.